The molecule has 0 spiro atoms. The van der Waals surface area contributed by atoms with Crippen LogP contribution in [0, 0.1) is 0 Å². The van der Waals surface area contributed by atoms with Crippen molar-refractivity contribution >= 4 is 23.1 Å². The standard InChI is InChI=1S/C33H52N4S/c1-10-37(34)32-19-17-31(18-20-32)30(9)35-23-29(8)36-33(26(4)5)24-38-22-21-28(7)16-12-15-27(6)14-11-13-25(2)3/h13,15,17-21,33,35-36H,4,8-12,14,16,22-24,34H2,1-3,5-7H3/b27-15+,28-21+/t33-/m0/s1. The monoisotopic (exact) mass is 536 g/mol. The molecule has 0 saturated carbocycles. The maximum Gasteiger partial charge on any atom is 0.0556 e. The van der Waals surface area contributed by atoms with Gasteiger partial charge in [0.2, 0.25) is 0 Å². The van der Waals surface area contributed by atoms with Crippen molar-refractivity contribution < 1.29 is 0 Å². The highest BCUT2D eigenvalue weighted by atomic mass is 32.2. The zero-order valence-corrected chi connectivity index (χ0v) is 25.6. The normalized spacial score (nSPS) is 12.5. The van der Waals surface area contributed by atoms with Crippen molar-refractivity contribution in [1.29, 1.82) is 0 Å². The Labute approximate surface area is 237 Å². The van der Waals surface area contributed by atoms with E-state index in [0.29, 0.717) is 6.54 Å². The summed E-state index contributed by atoms with van der Waals surface area (Å²) >= 11 is 1.93. The number of hydrogen-bond acceptors (Lipinski definition) is 5. The molecule has 0 aliphatic carbocycles. The molecule has 1 aromatic carbocycles. The lowest BCUT2D eigenvalue weighted by molar-refractivity contribution is 0.681. The third-order valence-electron chi connectivity index (χ3n) is 6.33. The van der Waals surface area contributed by atoms with Crippen molar-refractivity contribution in [1.82, 2.24) is 10.6 Å². The van der Waals surface area contributed by atoms with Crippen molar-refractivity contribution in [3.63, 3.8) is 0 Å². The first-order valence-corrected chi connectivity index (χ1v) is 14.9. The molecule has 1 aromatic rings. The van der Waals surface area contributed by atoms with Gasteiger partial charge in [-0.05, 0) is 84.9 Å². The van der Waals surface area contributed by atoms with Crippen molar-refractivity contribution in [3.8, 4) is 0 Å². The lowest BCUT2D eigenvalue weighted by atomic mass is 10.1. The zero-order valence-electron chi connectivity index (χ0n) is 24.8. The van der Waals surface area contributed by atoms with Gasteiger partial charge in [-0.25, -0.2) is 5.84 Å². The molecule has 0 amide bonds. The molecule has 0 heterocycles. The van der Waals surface area contributed by atoms with Gasteiger partial charge in [-0.2, -0.15) is 11.8 Å². The van der Waals surface area contributed by atoms with Crippen LogP contribution in [0.1, 0.15) is 72.8 Å². The zero-order chi connectivity index (χ0) is 28.5. The van der Waals surface area contributed by atoms with Crippen LogP contribution in [0.25, 0.3) is 5.70 Å². The van der Waals surface area contributed by atoms with Crippen molar-refractivity contribution in [2.75, 3.05) is 29.6 Å². The second-order valence-corrected chi connectivity index (χ2v) is 11.4. The van der Waals surface area contributed by atoms with E-state index in [2.05, 4.69) is 83.2 Å². The van der Waals surface area contributed by atoms with Crippen LogP contribution in [0.5, 0.6) is 0 Å². The molecule has 0 fully saturated rings. The average molecular weight is 537 g/mol. The Hall–Kier alpha value is -2.63. The van der Waals surface area contributed by atoms with Gasteiger partial charge in [0.15, 0.2) is 0 Å². The van der Waals surface area contributed by atoms with Crippen LogP contribution in [0.3, 0.4) is 0 Å². The minimum Gasteiger partial charge on any atom is -0.380 e. The lowest BCUT2D eigenvalue weighted by Crippen LogP contribution is -2.35. The first kappa shape index (κ1) is 33.4. The number of hydrazine groups is 1. The van der Waals surface area contributed by atoms with Crippen molar-refractivity contribution in [2.24, 2.45) is 5.84 Å². The average Bonchev–Trinajstić information content (AvgIpc) is 2.88. The number of anilines is 1. The number of nitrogens with two attached hydrogens (primary N) is 1. The van der Waals surface area contributed by atoms with Crippen LogP contribution in [-0.2, 0) is 0 Å². The first-order valence-electron chi connectivity index (χ1n) is 13.7. The molecule has 1 atom stereocenters. The van der Waals surface area contributed by atoms with Crippen LogP contribution >= 0.6 is 11.8 Å². The summed E-state index contributed by atoms with van der Waals surface area (Å²) in [5, 5.41) is 8.63. The van der Waals surface area contributed by atoms with E-state index in [1.165, 1.54) is 16.7 Å². The van der Waals surface area contributed by atoms with E-state index in [1.54, 1.807) is 5.01 Å². The van der Waals surface area contributed by atoms with Gasteiger partial charge in [-0.15, -0.1) is 0 Å². The van der Waals surface area contributed by atoms with Crippen LogP contribution in [0.4, 0.5) is 5.69 Å². The fourth-order valence-corrected chi connectivity index (χ4v) is 4.82. The largest absolute Gasteiger partial charge is 0.380 e. The third-order valence-corrected chi connectivity index (χ3v) is 7.30. The summed E-state index contributed by atoms with van der Waals surface area (Å²) < 4.78 is 0. The molecule has 0 saturated heterocycles. The minimum absolute atomic E-state index is 0.187. The van der Waals surface area contributed by atoms with Gasteiger partial charge in [0.25, 0.3) is 0 Å². The Balaban J connectivity index is 2.40. The lowest BCUT2D eigenvalue weighted by Gasteiger charge is -2.22. The second kappa shape index (κ2) is 18.6. The van der Waals surface area contributed by atoms with Gasteiger partial charge >= 0.3 is 0 Å². The van der Waals surface area contributed by atoms with Crippen LogP contribution in [0.2, 0.25) is 0 Å². The second-order valence-electron chi connectivity index (χ2n) is 10.3. The van der Waals surface area contributed by atoms with Crippen molar-refractivity contribution in [2.45, 2.75) is 73.3 Å². The summed E-state index contributed by atoms with van der Waals surface area (Å²) in [6.07, 6.45) is 11.6. The van der Waals surface area contributed by atoms with E-state index < -0.39 is 0 Å². The SMILES string of the molecule is C=C(CNC(=C)c1ccc(N(N)CC)cc1)N[C@@H](CSC/C=C(\C)CC/C=C(\C)CCC=C(C)C)C(=C)C. The van der Waals surface area contributed by atoms with Gasteiger partial charge in [-0.3, -0.25) is 0 Å². The molecule has 210 valence electrons. The van der Waals surface area contributed by atoms with Crippen LogP contribution in [-0.4, -0.2) is 30.6 Å². The summed E-state index contributed by atoms with van der Waals surface area (Å²) in [6.45, 7) is 26.9. The smallest absolute Gasteiger partial charge is 0.0556 e. The highest BCUT2D eigenvalue weighted by Crippen LogP contribution is 2.17. The van der Waals surface area contributed by atoms with E-state index in [1.807, 2.05) is 43.0 Å². The maximum absolute atomic E-state index is 5.96. The van der Waals surface area contributed by atoms with E-state index in [0.717, 1.165) is 72.0 Å². The Morgan fingerprint density at radius 3 is 2.13 bits per heavy atom. The Morgan fingerprint density at radius 1 is 0.947 bits per heavy atom. The molecule has 5 heteroatoms. The van der Waals surface area contributed by atoms with Gasteiger partial charge in [0.1, 0.15) is 0 Å². The number of rotatable bonds is 19. The Kier molecular flexibility index (Phi) is 16.3. The van der Waals surface area contributed by atoms with E-state index in [-0.39, 0.29) is 6.04 Å². The number of benzene rings is 1. The van der Waals surface area contributed by atoms with Crippen molar-refractivity contribution in [3.05, 3.63) is 95.8 Å². The first-order chi connectivity index (χ1) is 18.0. The quantitative estimate of drug-likeness (QED) is 0.0721. The number of allylic oxidation sites excluding steroid dienone is 5. The van der Waals surface area contributed by atoms with Crippen LogP contribution in [0.15, 0.2) is 90.2 Å². The van der Waals surface area contributed by atoms with E-state index in [9.17, 15) is 0 Å². The summed E-state index contributed by atoms with van der Waals surface area (Å²) in [6, 6.07) is 8.26. The Bertz CT molecular complexity index is 981. The summed E-state index contributed by atoms with van der Waals surface area (Å²) in [7, 11) is 0. The topological polar surface area (TPSA) is 53.3 Å². The Morgan fingerprint density at radius 2 is 1.55 bits per heavy atom. The van der Waals surface area contributed by atoms with E-state index >= 15 is 0 Å². The molecule has 0 unspecified atom stereocenters. The van der Waals surface area contributed by atoms with Gasteiger partial charge in [-0.1, -0.05) is 72.4 Å². The van der Waals surface area contributed by atoms with Gasteiger partial charge < -0.3 is 15.6 Å². The number of nitrogens with zero attached hydrogens (tertiary/aromatic N) is 1. The fourth-order valence-electron chi connectivity index (χ4n) is 3.68. The fraction of sp³-hybridized carbons (Fsp3) is 0.455. The molecular weight excluding hydrogens is 484 g/mol. The molecule has 4 N–H and O–H groups in total. The predicted octanol–water partition coefficient (Wildman–Crippen LogP) is 8.15. The highest BCUT2D eigenvalue weighted by Gasteiger charge is 2.10. The molecule has 0 aromatic heterocycles. The summed E-state index contributed by atoms with van der Waals surface area (Å²) in [4.78, 5) is 0. The number of nitrogens with one attached hydrogen (secondary N) is 2. The summed E-state index contributed by atoms with van der Waals surface area (Å²) in [5.41, 5.74) is 9.28. The number of thioether (sulfide) groups is 1. The molecule has 0 bridgehead atoms. The van der Waals surface area contributed by atoms with E-state index in [4.69, 9.17) is 5.84 Å². The third kappa shape index (κ3) is 14.3. The number of hydrogen-bond donors (Lipinski definition) is 3. The van der Waals surface area contributed by atoms with Gasteiger partial charge in [0, 0.05) is 29.4 Å². The minimum atomic E-state index is 0.187. The van der Waals surface area contributed by atoms with Crippen LogP contribution < -0.4 is 21.5 Å². The highest BCUT2D eigenvalue weighted by molar-refractivity contribution is 7.99. The maximum atomic E-state index is 5.96. The van der Waals surface area contributed by atoms with Gasteiger partial charge in [0.05, 0.1) is 18.3 Å². The molecule has 4 nitrogen and oxygen atoms in total. The summed E-state index contributed by atoms with van der Waals surface area (Å²) in [5.74, 6) is 7.92. The molecule has 38 heavy (non-hydrogen) atoms. The molecule has 0 radical (unpaired) electrons. The molecular formula is C33H52N4S. The molecule has 1 rings (SSSR count). The predicted molar refractivity (Wildman–Crippen MR) is 174 cm³/mol. The molecule has 0 aliphatic heterocycles. The molecule has 0 aliphatic rings.